The van der Waals surface area contributed by atoms with Gasteiger partial charge in [0.05, 0.1) is 0 Å². The maximum atomic E-state index is 12.6. The van der Waals surface area contributed by atoms with Crippen LogP contribution < -0.4 is 5.73 Å². The van der Waals surface area contributed by atoms with Gasteiger partial charge < -0.3 is 15.5 Å². The number of nitrogens with two attached hydrogens (primary N) is 1. The molecule has 0 saturated heterocycles. The summed E-state index contributed by atoms with van der Waals surface area (Å²) in [6.45, 7) is 4.48. The zero-order valence-corrected chi connectivity index (χ0v) is 12.6. The first-order chi connectivity index (χ1) is 9.36. The third-order valence-electron chi connectivity index (χ3n) is 3.10. The van der Waals surface area contributed by atoms with Crippen LogP contribution in [-0.2, 0) is 4.79 Å². The number of nitrogens with zero attached hydrogens (tertiary/aromatic N) is 2. The van der Waals surface area contributed by atoms with Crippen LogP contribution in [0.1, 0.15) is 29.3 Å². The summed E-state index contributed by atoms with van der Waals surface area (Å²) in [5.74, 6) is -0.236. The highest BCUT2D eigenvalue weighted by molar-refractivity contribution is 5.98. The van der Waals surface area contributed by atoms with Crippen molar-refractivity contribution >= 4 is 17.5 Å². The smallest absolute Gasteiger partial charge is 0.254 e. The van der Waals surface area contributed by atoms with Crippen LogP contribution in [0.15, 0.2) is 18.2 Å². The number of aryl methyl sites for hydroxylation is 1. The lowest BCUT2D eigenvalue weighted by Crippen LogP contribution is -2.41. The number of hydrogen-bond acceptors (Lipinski definition) is 3. The molecule has 0 spiro atoms. The average Bonchev–Trinajstić information content (AvgIpc) is 2.40. The maximum Gasteiger partial charge on any atom is 0.254 e. The minimum absolute atomic E-state index is 0.0895. The second-order valence-electron chi connectivity index (χ2n) is 5.09. The Balaban J connectivity index is 2.99. The van der Waals surface area contributed by atoms with Gasteiger partial charge in [-0.2, -0.15) is 0 Å². The van der Waals surface area contributed by atoms with Gasteiger partial charge >= 0.3 is 0 Å². The second kappa shape index (κ2) is 6.93. The van der Waals surface area contributed by atoms with Gasteiger partial charge in [-0.3, -0.25) is 9.59 Å². The van der Waals surface area contributed by atoms with E-state index in [2.05, 4.69) is 0 Å². The Hall–Kier alpha value is -2.04. The Bertz CT molecular complexity index is 498. The average molecular weight is 277 g/mol. The summed E-state index contributed by atoms with van der Waals surface area (Å²) in [4.78, 5) is 27.5. The van der Waals surface area contributed by atoms with Gasteiger partial charge in [-0.25, -0.2) is 0 Å². The molecule has 0 unspecified atom stereocenters. The first-order valence-electron chi connectivity index (χ1n) is 6.72. The van der Waals surface area contributed by atoms with Crippen molar-refractivity contribution in [1.29, 1.82) is 0 Å². The molecule has 110 valence electrons. The fourth-order valence-corrected chi connectivity index (χ4v) is 1.87. The molecule has 0 aliphatic carbocycles. The number of likely N-dealkylation sites (N-methyl/N-ethyl adjacent to an activating group) is 1. The highest BCUT2D eigenvalue weighted by Crippen LogP contribution is 2.15. The van der Waals surface area contributed by atoms with E-state index in [1.807, 2.05) is 19.9 Å². The molecule has 5 nitrogen and oxygen atoms in total. The van der Waals surface area contributed by atoms with E-state index in [4.69, 9.17) is 5.73 Å². The molecule has 0 saturated carbocycles. The molecule has 0 aliphatic heterocycles. The Morgan fingerprint density at radius 3 is 2.45 bits per heavy atom. The standard InChI is InChI=1S/C15H23N3O2/c1-5-8-18(10-14(19)17(3)4)15(20)13-9-12(16)7-6-11(13)2/h6-7,9H,5,8,10,16H2,1-4H3. The highest BCUT2D eigenvalue weighted by Gasteiger charge is 2.20. The van der Waals surface area contributed by atoms with Gasteiger partial charge in [0.2, 0.25) is 5.91 Å². The normalized spacial score (nSPS) is 10.2. The molecule has 0 aliphatic rings. The Kier molecular flexibility index (Phi) is 5.55. The molecule has 0 aromatic heterocycles. The van der Waals surface area contributed by atoms with E-state index in [9.17, 15) is 9.59 Å². The molecular weight excluding hydrogens is 254 g/mol. The van der Waals surface area contributed by atoms with Crippen molar-refractivity contribution < 1.29 is 9.59 Å². The highest BCUT2D eigenvalue weighted by atomic mass is 16.2. The number of carbonyl (C=O) groups is 2. The summed E-state index contributed by atoms with van der Waals surface area (Å²) in [7, 11) is 3.37. The molecule has 1 aromatic carbocycles. The van der Waals surface area contributed by atoms with Crippen LogP contribution in [0.25, 0.3) is 0 Å². The van der Waals surface area contributed by atoms with Crippen LogP contribution in [0.5, 0.6) is 0 Å². The van der Waals surface area contributed by atoms with E-state index >= 15 is 0 Å². The topological polar surface area (TPSA) is 66.6 Å². The fraction of sp³-hybridized carbons (Fsp3) is 0.467. The van der Waals surface area contributed by atoms with Gasteiger partial charge in [0.15, 0.2) is 0 Å². The third-order valence-corrected chi connectivity index (χ3v) is 3.10. The van der Waals surface area contributed by atoms with Gasteiger partial charge in [0, 0.05) is 31.9 Å². The predicted octanol–water partition coefficient (Wildman–Crippen LogP) is 1.52. The van der Waals surface area contributed by atoms with Crippen LogP contribution in [0.2, 0.25) is 0 Å². The van der Waals surface area contributed by atoms with Crippen LogP contribution in [-0.4, -0.2) is 48.8 Å². The van der Waals surface area contributed by atoms with Gasteiger partial charge in [-0.15, -0.1) is 0 Å². The molecule has 0 bridgehead atoms. The van der Waals surface area contributed by atoms with Crippen molar-refractivity contribution in [2.45, 2.75) is 20.3 Å². The molecule has 2 N–H and O–H groups in total. The first kappa shape index (κ1) is 16.0. The summed E-state index contributed by atoms with van der Waals surface area (Å²) in [5.41, 5.74) is 7.72. The van der Waals surface area contributed by atoms with Gasteiger partial charge in [-0.05, 0) is 31.0 Å². The molecule has 0 radical (unpaired) electrons. The largest absolute Gasteiger partial charge is 0.399 e. The maximum absolute atomic E-state index is 12.6. The second-order valence-corrected chi connectivity index (χ2v) is 5.09. The molecule has 5 heteroatoms. The van der Waals surface area contributed by atoms with Crippen molar-refractivity contribution in [3.8, 4) is 0 Å². The Morgan fingerprint density at radius 1 is 1.25 bits per heavy atom. The molecule has 1 rings (SSSR count). The Labute approximate surface area is 120 Å². The minimum Gasteiger partial charge on any atom is -0.399 e. The van der Waals surface area contributed by atoms with Crippen LogP contribution in [0.3, 0.4) is 0 Å². The minimum atomic E-state index is -0.146. The monoisotopic (exact) mass is 277 g/mol. The van der Waals surface area contributed by atoms with Crippen LogP contribution >= 0.6 is 0 Å². The van der Waals surface area contributed by atoms with E-state index in [-0.39, 0.29) is 18.4 Å². The van der Waals surface area contributed by atoms with E-state index in [1.54, 1.807) is 31.1 Å². The lowest BCUT2D eigenvalue weighted by molar-refractivity contribution is -0.129. The lowest BCUT2D eigenvalue weighted by Gasteiger charge is -2.24. The van der Waals surface area contributed by atoms with E-state index < -0.39 is 0 Å². The molecule has 0 atom stereocenters. The van der Waals surface area contributed by atoms with E-state index in [0.717, 1.165) is 12.0 Å². The van der Waals surface area contributed by atoms with Crippen LogP contribution in [0.4, 0.5) is 5.69 Å². The quantitative estimate of drug-likeness (QED) is 0.830. The molecular formula is C15H23N3O2. The number of carbonyl (C=O) groups excluding carboxylic acids is 2. The fourth-order valence-electron chi connectivity index (χ4n) is 1.87. The molecule has 0 heterocycles. The summed E-state index contributed by atoms with van der Waals surface area (Å²) in [6, 6.07) is 5.25. The summed E-state index contributed by atoms with van der Waals surface area (Å²) >= 11 is 0. The van der Waals surface area contributed by atoms with Crippen LogP contribution in [0, 0.1) is 6.92 Å². The van der Waals surface area contributed by atoms with E-state index in [0.29, 0.717) is 17.8 Å². The predicted molar refractivity (Wildman–Crippen MR) is 80.5 cm³/mol. The van der Waals surface area contributed by atoms with Crippen molar-refractivity contribution in [2.24, 2.45) is 0 Å². The summed E-state index contributed by atoms with van der Waals surface area (Å²) in [5, 5.41) is 0. The van der Waals surface area contributed by atoms with Crippen molar-refractivity contribution in [1.82, 2.24) is 9.80 Å². The number of anilines is 1. The Morgan fingerprint density at radius 2 is 1.90 bits per heavy atom. The van der Waals surface area contributed by atoms with Crippen molar-refractivity contribution in [2.75, 3.05) is 32.9 Å². The number of hydrogen-bond donors (Lipinski definition) is 1. The number of rotatable bonds is 5. The van der Waals surface area contributed by atoms with Crippen molar-refractivity contribution in [3.05, 3.63) is 29.3 Å². The van der Waals surface area contributed by atoms with Crippen molar-refractivity contribution in [3.63, 3.8) is 0 Å². The molecule has 1 aromatic rings. The zero-order chi connectivity index (χ0) is 15.3. The van der Waals surface area contributed by atoms with Gasteiger partial charge in [0.25, 0.3) is 5.91 Å². The summed E-state index contributed by atoms with van der Waals surface area (Å²) in [6.07, 6.45) is 0.799. The number of nitrogen functional groups attached to an aromatic ring is 1. The first-order valence-corrected chi connectivity index (χ1v) is 6.72. The molecule has 0 fully saturated rings. The SMILES string of the molecule is CCCN(CC(=O)N(C)C)C(=O)c1cc(N)ccc1C. The number of amides is 2. The van der Waals surface area contributed by atoms with Gasteiger partial charge in [-0.1, -0.05) is 13.0 Å². The van der Waals surface area contributed by atoms with Gasteiger partial charge in [0.1, 0.15) is 6.54 Å². The lowest BCUT2D eigenvalue weighted by atomic mass is 10.1. The summed E-state index contributed by atoms with van der Waals surface area (Å²) < 4.78 is 0. The molecule has 20 heavy (non-hydrogen) atoms. The number of benzene rings is 1. The third kappa shape index (κ3) is 3.98. The zero-order valence-electron chi connectivity index (χ0n) is 12.6. The molecule has 2 amide bonds. The van der Waals surface area contributed by atoms with E-state index in [1.165, 1.54) is 4.90 Å².